The number of anilines is 3. The summed E-state index contributed by atoms with van der Waals surface area (Å²) in [7, 11) is 0. The van der Waals surface area contributed by atoms with Crippen LogP contribution in [0.2, 0.25) is 0 Å². The highest BCUT2D eigenvalue weighted by Gasteiger charge is 2.42. The fraction of sp³-hybridized carbons (Fsp3) is 0.118. The maximum atomic E-state index is 6.90. The minimum Gasteiger partial charge on any atom is -0.455 e. The molecule has 0 radical (unpaired) electrons. The number of furan rings is 3. The highest BCUT2D eigenvalue weighted by atomic mass is 16.3. The highest BCUT2D eigenvalue weighted by molar-refractivity contribution is 6.20. The summed E-state index contributed by atoms with van der Waals surface area (Å²) < 4.78 is 20.6. The van der Waals surface area contributed by atoms with E-state index in [2.05, 4.69) is 234 Å². The fourth-order valence-electron chi connectivity index (χ4n) is 12.7. The molecule has 0 atom stereocenters. The largest absolute Gasteiger partial charge is 0.455 e. The van der Waals surface area contributed by atoms with Crippen molar-refractivity contribution in [1.29, 1.82) is 0 Å². The van der Waals surface area contributed by atoms with E-state index in [1.54, 1.807) is 0 Å². The molecule has 3 heterocycles. The lowest BCUT2D eigenvalue weighted by Crippen LogP contribution is -2.18. The van der Waals surface area contributed by atoms with Gasteiger partial charge in [-0.2, -0.15) is 0 Å². The number of fused-ring (bicyclic) bond motifs is 17. The van der Waals surface area contributed by atoms with Crippen LogP contribution < -0.4 is 4.90 Å². The van der Waals surface area contributed by atoms with Crippen LogP contribution in [0, 0.1) is 13.8 Å². The Bertz CT molecular complexity index is 4230. The molecule has 0 spiro atoms. The molecule has 0 unspecified atom stereocenters. The first-order chi connectivity index (χ1) is 35.0. The van der Waals surface area contributed by atoms with Crippen molar-refractivity contribution in [2.45, 2.75) is 52.4 Å². The van der Waals surface area contributed by atoms with E-state index in [0.29, 0.717) is 0 Å². The fourth-order valence-corrected chi connectivity index (χ4v) is 12.7. The number of aryl methyl sites for hydroxylation is 2. The zero-order valence-corrected chi connectivity index (χ0v) is 41.1. The van der Waals surface area contributed by atoms with Gasteiger partial charge in [0.25, 0.3) is 0 Å². The number of hydrogen-bond donors (Lipinski definition) is 0. The van der Waals surface area contributed by atoms with Gasteiger partial charge in [-0.15, -0.1) is 0 Å². The lowest BCUT2D eigenvalue weighted by atomic mass is 9.80. The third-order valence-corrected chi connectivity index (χ3v) is 16.4. The standard InChI is InChI=1S/C68H49NO3/c1-38-22-26-40(27-23-38)50-36-54-60(62-48-15-8-11-20-58(48)71-65(50)62)46-32-30-42(34-52(46)67(54,3)4)69(56-18-13-17-45-44-14-7-10-19-57(44)70-64(45)56)43-31-33-47-53(35-43)68(5,6)55-37-51(41-28-24-39(2)25-29-41)66-63(61(47)55)49-16-9-12-21-59(49)72-66/h7-37H,1-6H3. The van der Waals surface area contributed by atoms with Crippen molar-refractivity contribution < 1.29 is 13.3 Å². The SMILES string of the molecule is Cc1ccc(-c2cc3c(c4c2oc2ccccc24)-c2ccc(N(c4ccc5c(c4)C(C)(C)c4cc(-c6ccc(C)cc6)c6oc7ccccc7c6c4-5)c4cccc5c4oc4ccccc45)cc2C3(C)C)cc1. The first-order valence-corrected chi connectivity index (χ1v) is 25.1. The average Bonchev–Trinajstić information content (AvgIpc) is 4.19. The van der Waals surface area contributed by atoms with E-state index in [0.717, 1.165) is 94.4 Å². The summed E-state index contributed by atoms with van der Waals surface area (Å²) in [5.74, 6) is 0. The van der Waals surface area contributed by atoms with E-state index in [-0.39, 0.29) is 10.8 Å². The van der Waals surface area contributed by atoms with Crippen LogP contribution in [0.5, 0.6) is 0 Å². The Hall–Kier alpha value is -8.60. The molecule has 0 bridgehead atoms. The summed E-state index contributed by atoms with van der Waals surface area (Å²) >= 11 is 0. The molecule has 4 nitrogen and oxygen atoms in total. The van der Waals surface area contributed by atoms with Gasteiger partial charge in [-0.05, 0) is 130 Å². The Kier molecular flexibility index (Phi) is 8.30. The third-order valence-electron chi connectivity index (χ3n) is 16.4. The topological polar surface area (TPSA) is 42.7 Å². The molecule has 72 heavy (non-hydrogen) atoms. The minimum atomic E-state index is -0.348. The predicted molar refractivity (Wildman–Crippen MR) is 298 cm³/mol. The van der Waals surface area contributed by atoms with E-state index in [9.17, 15) is 0 Å². The Morgan fingerprint density at radius 1 is 0.347 bits per heavy atom. The molecule has 0 fully saturated rings. The van der Waals surface area contributed by atoms with Gasteiger partial charge in [0.05, 0.1) is 5.69 Å². The molecule has 344 valence electrons. The van der Waals surface area contributed by atoms with Crippen molar-refractivity contribution in [2.75, 3.05) is 4.90 Å². The predicted octanol–water partition coefficient (Wildman–Crippen LogP) is 19.4. The molecule has 15 rings (SSSR count). The van der Waals surface area contributed by atoms with Crippen LogP contribution in [0.25, 0.3) is 110 Å². The molecule has 0 N–H and O–H groups in total. The quantitative estimate of drug-likeness (QED) is 0.172. The molecule has 3 aromatic heterocycles. The monoisotopic (exact) mass is 927 g/mol. The van der Waals surface area contributed by atoms with Crippen molar-refractivity contribution in [3.63, 3.8) is 0 Å². The molecule has 4 heteroatoms. The molecular formula is C68H49NO3. The molecule has 2 aliphatic carbocycles. The van der Waals surface area contributed by atoms with Gasteiger partial charge >= 0.3 is 0 Å². The molecule has 10 aromatic carbocycles. The lowest BCUT2D eigenvalue weighted by Gasteiger charge is -2.29. The highest BCUT2D eigenvalue weighted by Crippen LogP contribution is 2.59. The van der Waals surface area contributed by atoms with Gasteiger partial charge in [0.1, 0.15) is 27.9 Å². The van der Waals surface area contributed by atoms with Crippen molar-refractivity contribution >= 4 is 82.9 Å². The van der Waals surface area contributed by atoms with E-state index >= 15 is 0 Å². The van der Waals surface area contributed by atoms with Gasteiger partial charge in [0, 0.05) is 65.6 Å². The Labute approximate surface area is 417 Å². The van der Waals surface area contributed by atoms with Crippen molar-refractivity contribution in [3.05, 3.63) is 221 Å². The Morgan fingerprint density at radius 3 is 1.25 bits per heavy atom. The maximum Gasteiger partial charge on any atom is 0.159 e. The van der Waals surface area contributed by atoms with Gasteiger partial charge in [-0.3, -0.25) is 0 Å². The molecular weight excluding hydrogens is 879 g/mol. The first kappa shape index (κ1) is 41.2. The van der Waals surface area contributed by atoms with Gasteiger partial charge < -0.3 is 18.2 Å². The number of hydrogen-bond acceptors (Lipinski definition) is 4. The van der Waals surface area contributed by atoms with Gasteiger partial charge in [0.2, 0.25) is 0 Å². The van der Waals surface area contributed by atoms with Gasteiger partial charge in [-0.25, -0.2) is 0 Å². The maximum absolute atomic E-state index is 6.90. The van der Waals surface area contributed by atoms with Gasteiger partial charge in [-0.1, -0.05) is 166 Å². The molecule has 0 saturated carbocycles. The van der Waals surface area contributed by atoms with Crippen LogP contribution >= 0.6 is 0 Å². The van der Waals surface area contributed by atoms with Gasteiger partial charge in [0.15, 0.2) is 5.58 Å². The van der Waals surface area contributed by atoms with E-state index in [1.807, 2.05) is 0 Å². The number of nitrogens with zero attached hydrogens (tertiary/aromatic N) is 1. The zero-order valence-electron chi connectivity index (χ0n) is 41.1. The molecule has 2 aliphatic rings. The normalized spacial score (nSPS) is 14.2. The van der Waals surface area contributed by atoms with E-state index in [4.69, 9.17) is 13.3 Å². The van der Waals surface area contributed by atoms with Crippen LogP contribution in [0.4, 0.5) is 17.1 Å². The smallest absolute Gasteiger partial charge is 0.159 e. The zero-order chi connectivity index (χ0) is 48.4. The third kappa shape index (κ3) is 5.58. The average molecular weight is 928 g/mol. The van der Waals surface area contributed by atoms with Crippen LogP contribution in [0.1, 0.15) is 61.1 Å². The summed E-state index contributed by atoms with van der Waals surface area (Å²) in [6.45, 7) is 13.8. The van der Waals surface area contributed by atoms with Crippen LogP contribution in [-0.2, 0) is 10.8 Å². The van der Waals surface area contributed by atoms with Crippen molar-refractivity contribution in [3.8, 4) is 44.5 Å². The van der Waals surface area contributed by atoms with Crippen molar-refractivity contribution in [1.82, 2.24) is 0 Å². The second-order valence-electron chi connectivity index (χ2n) is 21.3. The van der Waals surface area contributed by atoms with E-state index in [1.165, 1.54) is 66.4 Å². The molecule has 13 aromatic rings. The first-order valence-electron chi connectivity index (χ1n) is 25.1. The summed E-state index contributed by atoms with van der Waals surface area (Å²) in [6.07, 6.45) is 0. The summed E-state index contributed by atoms with van der Waals surface area (Å²) in [6, 6.07) is 68.7. The Balaban J connectivity index is 0.964. The summed E-state index contributed by atoms with van der Waals surface area (Å²) in [5.41, 5.74) is 24.9. The van der Waals surface area contributed by atoms with Crippen LogP contribution in [0.15, 0.2) is 201 Å². The molecule has 0 aliphatic heterocycles. The Morgan fingerprint density at radius 2 is 0.764 bits per heavy atom. The van der Waals surface area contributed by atoms with Crippen LogP contribution in [0.3, 0.4) is 0 Å². The summed E-state index contributed by atoms with van der Waals surface area (Å²) in [5, 5.41) is 6.81. The van der Waals surface area contributed by atoms with E-state index < -0.39 is 0 Å². The number of para-hydroxylation sites is 4. The van der Waals surface area contributed by atoms with Crippen LogP contribution in [-0.4, -0.2) is 0 Å². The number of rotatable bonds is 5. The second-order valence-corrected chi connectivity index (χ2v) is 21.3. The van der Waals surface area contributed by atoms with Crippen molar-refractivity contribution in [2.24, 2.45) is 0 Å². The second kappa shape index (κ2) is 14.5. The minimum absolute atomic E-state index is 0.348. The lowest BCUT2D eigenvalue weighted by molar-refractivity contribution is 0.657. The molecule has 0 saturated heterocycles. The molecule has 0 amide bonds. The number of benzene rings is 10. The summed E-state index contributed by atoms with van der Waals surface area (Å²) in [4.78, 5) is 2.44.